The van der Waals surface area contributed by atoms with Gasteiger partial charge in [-0.3, -0.25) is 0 Å². The predicted octanol–water partition coefficient (Wildman–Crippen LogP) is 2.89. The lowest BCUT2D eigenvalue weighted by Crippen LogP contribution is -2.19. The van der Waals surface area contributed by atoms with Crippen LogP contribution in [0.2, 0.25) is 5.02 Å². The first-order chi connectivity index (χ1) is 6.56. The highest BCUT2D eigenvalue weighted by atomic mass is 79.9. The van der Waals surface area contributed by atoms with Gasteiger partial charge in [0.15, 0.2) is 0 Å². The zero-order chi connectivity index (χ0) is 10.7. The average Bonchev–Trinajstić information content (AvgIpc) is 2.20. The molecule has 0 aliphatic carbocycles. The lowest BCUT2D eigenvalue weighted by atomic mass is 10.1. The Morgan fingerprint density at radius 3 is 2.50 bits per heavy atom. The van der Waals surface area contributed by atoms with E-state index in [9.17, 15) is 10.2 Å². The number of benzene rings is 1. The molecule has 78 valence electrons. The van der Waals surface area contributed by atoms with E-state index in [1.807, 2.05) is 0 Å². The van der Waals surface area contributed by atoms with Crippen LogP contribution in [0.3, 0.4) is 0 Å². The summed E-state index contributed by atoms with van der Waals surface area (Å²) in [6.07, 6.45) is -1.72. The summed E-state index contributed by atoms with van der Waals surface area (Å²) in [5.41, 5.74) is 0.633. The molecule has 2 N–H and O–H groups in total. The van der Waals surface area contributed by atoms with E-state index in [4.69, 9.17) is 11.6 Å². The maximum absolute atomic E-state index is 9.66. The maximum Gasteiger partial charge on any atom is 0.106 e. The van der Waals surface area contributed by atoms with Crippen molar-refractivity contribution in [3.05, 3.63) is 33.3 Å². The van der Waals surface area contributed by atoms with Gasteiger partial charge in [0.2, 0.25) is 0 Å². The highest BCUT2D eigenvalue weighted by molar-refractivity contribution is 9.10. The molecular formula is C9H9Br2ClO2. The molecule has 0 bridgehead atoms. The summed E-state index contributed by atoms with van der Waals surface area (Å²) in [4.78, 5) is 0. The molecule has 2 unspecified atom stereocenters. The predicted molar refractivity (Wildman–Crippen MR) is 63.9 cm³/mol. The summed E-state index contributed by atoms with van der Waals surface area (Å²) >= 11 is 12.1. The number of hydrogen-bond acceptors (Lipinski definition) is 2. The minimum absolute atomic E-state index is 0.328. The highest BCUT2D eigenvalue weighted by Gasteiger charge is 2.17. The molecule has 0 saturated heterocycles. The second kappa shape index (κ2) is 5.47. The lowest BCUT2D eigenvalue weighted by Gasteiger charge is -2.16. The third-order valence-electron chi connectivity index (χ3n) is 1.81. The molecule has 0 amide bonds. The number of alkyl halides is 1. The highest BCUT2D eigenvalue weighted by Crippen LogP contribution is 2.27. The van der Waals surface area contributed by atoms with E-state index in [-0.39, 0.29) is 0 Å². The molecule has 5 heteroatoms. The van der Waals surface area contributed by atoms with Crippen LogP contribution in [-0.4, -0.2) is 21.6 Å². The van der Waals surface area contributed by atoms with Gasteiger partial charge in [-0.1, -0.05) is 33.6 Å². The molecule has 14 heavy (non-hydrogen) atoms. The van der Waals surface area contributed by atoms with Crippen LogP contribution in [0.15, 0.2) is 22.7 Å². The number of aliphatic hydroxyl groups excluding tert-OH is 2. The topological polar surface area (TPSA) is 40.5 Å². The Kier molecular flexibility index (Phi) is 4.87. The molecule has 1 aromatic carbocycles. The SMILES string of the molecule is OC(CBr)C(O)c1ccc(Cl)c(Br)c1. The van der Waals surface area contributed by atoms with Gasteiger partial charge in [0.05, 0.1) is 11.1 Å². The Bertz CT molecular complexity index is 320. The molecule has 1 aromatic rings. The molecule has 0 saturated carbocycles. The Morgan fingerprint density at radius 2 is 2.00 bits per heavy atom. The Morgan fingerprint density at radius 1 is 1.36 bits per heavy atom. The normalized spacial score (nSPS) is 15.2. The van der Waals surface area contributed by atoms with Crippen LogP contribution in [0.1, 0.15) is 11.7 Å². The molecule has 2 nitrogen and oxygen atoms in total. The second-order valence-corrected chi connectivity index (χ2v) is 4.75. The van der Waals surface area contributed by atoms with Gasteiger partial charge in [-0.15, -0.1) is 0 Å². The first kappa shape index (κ1) is 12.5. The average molecular weight is 344 g/mol. The number of rotatable bonds is 3. The molecular weight excluding hydrogens is 335 g/mol. The van der Waals surface area contributed by atoms with Gasteiger partial charge in [0, 0.05) is 9.80 Å². The molecule has 2 atom stereocenters. The van der Waals surface area contributed by atoms with Crippen molar-refractivity contribution < 1.29 is 10.2 Å². The number of aliphatic hydroxyl groups is 2. The van der Waals surface area contributed by atoms with Gasteiger partial charge in [0.1, 0.15) is 6.10 Å². The molecule has 0 aromatic heterocycles. The second-order valence-electron chi connectivity index (χ2n) is 2.84. The van der Waals surface area contributed by atoms with Crippen LogP contribution in [0.25, 0.3) is 0 Å². The largest absolute Gasteiger partial charge is 0.389 e. The summed E-state index contributed by atoms with van der Waals surface area (Å²) in [5.74, 6) is 0. The standard InChI is InChI=1S/C9H9Br2ClO2/c10-4-8(13)9(14)5-1-2-7(12)6(11)3-5/h1-3,8-9,13-14H,4H2. The van der Waals surface area contributed by atoms with Crippen molar-refractivity contribution in [3.8, 4) is 0 Å². The molecule has 0 fully saturated rings. The maximum atomic E-state index is 9.66. The van der Waals surface area contributed by atoms with E-state index in [0.717, 1.165) is 0 Å². The minimum atomic E-state index is -0.900. The fourth-order valence-corrected chi connectivity index (χ4v) is 1.87. The first-order valence-corrected chi connectivity index (χ1v) is 6.22. The Labute approximate surface area is 104 Å². The van der Waals surface area contributed by atoms with E-state index >= 15 is 0 Å². The van der Waals surface area contributed by atoms with Gasteiger partial charge in [0.25, 0.3) is 0 Å². The van der Waals surface area contributed by atoms with Crippen LogP contribution in [0, 0.1) is 0 Å². The first-order valence-electron chi connectivity index (χ1n) is 3.93. The van der Waals surface area contributed by atoms with Gasteiger partial charge in [-0.2, -0.15) is 0 Å². The van der Waals surface area contributed by atoms with Crippen LogP contribution in [-0.2, 0) is 0 Å². The van der Waals surface area contributed by atoms with Crippen LogP contribution >= 0.6 is 43.5 Å². The summed E-state index contributed by atoms with van der Waals surface area (Å²) in [6.45, 7) is 0. The zero-order valence-corrected chi connectivity index (χ0v) is 11.1. The van der Waals surface area contributed by atoms with Gasteiger partial charge in [-0.05, 0) is 33.6 Å². The van der Waals surface area contributed by atoms with Crippen molar-refractivity contribution in [3.63, 3.8) is 0 Å². The van der Waals surface area contributed by atoms with Gasteiger partial charge in [-0.25, -0.2) is 0 Å². The van der Waals surface area contributed by atoms with Crippen molar-refractivity contribution in [1.82, 2.24) is 0 Å². The summed E-state index contributed by atoms with van der Waals surface area (Å²) in [5, 5.41) is 20.0. The third kappa shape index (κ3) is 2.94. The molecule has 0 heterocycles. The van der Waals surface area contributed by atoms with Crippen LogP contribution in [0.5, 0.6) is 0 Å². The van der Waals surface area contributed by atoms with E-state index in [0.29, 0.717) is 20.4 Å². The van der Waals surface area contributed by atoms with Crippen LogP contribution < -0.4 is 0 Å². The Hall–Kier alpha value is 0.390. The molecule has 0 aliphatic heterocycles. The molecule has 0 spiro atoms. The van der Waals surface area contributed by atoms with E-state index in [1.165, 1.54) is 0 Å². The summed E-state index contributed by atoms with van der Waals surface area (Å²) in [6, 6.07) is 5.05. The summed E-state index contributed by atoms with van der Waals surface area (Å²) < 4.78 is 0.706. The molecule has 1 rings (SSSR count). The smallest absolute Gasteiger partial charge is 0.106 e. The van der Waals surface area contributed by atoms with E-state index in [1.54, 1.807) is 18.2 Å². The van der Waals surface area contributed by atoms with Crippen molar-refractivity contribution in [2.45, 2.75) is 12.2 Å². The van der Waals surface area contributed by atoms with Gasteiger partial charge < -0.3 is 10.2 Å². The van der Waals surface area contributed by atoms with Crippen molar-refractivity contribution in [2.75, 3.05) is 5.33 Å². The van der Waals surface area contributed by atoms with E-state index < -0.39 is 12.2 Å². The number of halogens is 3. The van der Waals surface area contributed by atoms with Gasteiger partial charge >= 0.3 is 0 Å². The number of hydrogen-bond donors (Lipinski definition) is 2. The zero-order valence-electron chi connectivity index (χ0n) is 7.12. The van der Waals surface area contributed by atoms with Crippen molar-refractivity contribution in [2.24, 2.45) is 0 Å². The van der Waals surface area contributed by atoms with Crippen molar-refractivity contribution in [1.29, 1.82) is 0 Å². The van der Waals surface area contributed by atoms with Crippen LogP contribution in [0.4, 0.5) is 0 Å². The quantitative estimate of drug-likeness (QED) is 0.828. The fraction of sp³-hybridized carbons (Fsp3) is 0.333. The summed E-state index contributed by atoms with van der Waals surface area (Å²) in [7, 11) is 0. The Balaban J connectivity index is 2.91. The van der Waals surface area contributed by atoms with Crippen molar-refractivity contribution >= 4 is 43.5 Å². The lowest BCUT2D eigenvalue weighted by molar-refractivity contribution is 0.0342. The van der Waals surface area contributed by atoms with E-state index in [2.05, 4.69) is 31.9 Å². The minimum Gasteiger partial charge on any atom is -0.389 e. The molecule has 0 radical (unpaired) electrons. The fourth-order valence-electron chi connectivity index (χ4n) is 1.00. The third-order valence-corrected chi connectivity index (χ3v) is 3.69. The monoisotopic (exact) mass is 342 g/mol. The molecule has 0 aliphatic rings.